The summed E-state index contributed by atoms with van der Waals surface area (Å²) >= 11 is 3.35. The van der Waals surface area contributed by atoms with E-state index in [-0.39, 0.29) is 0 Å². The van der Waals surface area contributed by atoms with Crippen LogP contribution in [-0.2, 0) is 0 Å². The fourth-order valence-corrected chi connectivity index (χ4v) is 2.35. The highest BCUT2D eigenvalue weighted by Crippen LogP contribution is 2.19. The smallest absolute Gasteiger partial charge is 0.130 e. The van der Waals surface area contributed by atoms with Crippen LogP contribution in [0.15, 0.2) is 17.0 Å². The molecular weight excluding hydrogens is 268 g/mol. The number of hydrogen-bond donors (Lipinski definition) is 1. The third kappa shape index (κ3) is 2.92. The molecule has 16 heavy (non-hydrogen) atoms. The number of hydrogen-bond acceptors (Lipinski definition) is 4. The molecule has 2 heterocycles. The predicted octanol–water partition coefficient (Wildman–Crippen LogP) is 2.13. The van der Waals surface area contributed by atoms with Crippen LogP contribution in [0.2, 0.25) is 0 Å². The van der Waals surface area contributed by atoms with Gasteiger partial charge in [-0.3, -0.25) is 0 Å². The van der Waals surface area contributed by atoms with Gasteiger partial charge in [0, 0.05) is 24.7 Å². The summed E-state index contributed by atoms with van der Waals surface area (Å²) in [5.41, 5.74) is 0. The third-order valence-electron chi connectivity index (χ3n) is 3.19. The van der Waals surface area contributed by atoms with Crippen LogP contribution in [0.25, 0.3) is 0 Å². The van der Waals surface area contributed by atoms with Gasteiger partial charge in [0.2, 0.25) is 0 Å². The van der Waals surface area contributed by atoms with Gasteiger partial charge in [-0.05, 0) is 42.7 Å². The molecule has 0 aromatic carbocycles. The minimum Gasteiger partial charge on any atom is -0.367 e. The maximum atomic E-state index is 4.21. The number of likely N-dealkylation sites (tertiary alicyclic amines) is 1. The van der Waals surface area contributed by atoms with Crippen LogP contribution < -0.4 is 5.32 Å². The largest absolute Gasteiger partial charge is 0.367 e. The van der Waals surface area contributed by atoms with E-state index < -0.39 is 0 Å². The Balaban J connectivity index is 1.95. The Labute approximate surface area is 105 Å². The molecule has 0 aliphatic carbocycles. The molecule has 2 atom stereocenters. The molecule has 2 rings (SSSR count). The molecule has 1 aliphatic heterocycles. The fourth-order valence-electron chi connectivity index (χ4n) is 2.04. The van der Waals surface area contributed by atoms with E-state index in [1.807, 2.05) is 6.07 Å². The summed E-state index contributed by atoms with van der Waals surface area (Å²) in [5, 5.41) is 3.46. The zero-order chi connectivity index (χ0) is 11.5. The molecule has 1 fully saturated rings. The number of nitrogens with one attached hydrogen (secondary N) is 1. The van der Waals surface area contributed by atoms with Crippen molar-refractivity contribution in [1.29, 1.82) is 0 Å². The predicted molar refractivity (Wildman–Crippen MR) is 68.5 cm³/mol. The first kappa shape index (κ1) is 11.8. The van der Waals surface area contributed by atoms with Crippen molar-refractivity contribution in [2.24, 2.45) is 0 Å². The maximum absolute atomic E-state index is 4.21. The molecule has 1 saturated heterocycles. The van der Waals surface area contributed by atoms with Gasteiger partial charge in [0.15, 0.2) is 0 Å². The second-order valence-electron chi connectivity index (χ2n) is 4.42. The molecule has 1 N–H and O–H groups in total. The zero-order valence-corrected chi connectivity index (χ0v) is 11.2. The molecule has 1 aliphatic rings. The van der Waals surface area contributed by atoms with Crippen LogP contribution in [-0.4, -0.2) is 40.5 Å². The van der Waals surface area contributed by atoms with Crippen LogP contribution in [0.5, 0.6) is 0 Å². The van der Waals surface area contributed by atoms with Gasteiger partial charge in [0.05, 0.1) is 0 Å². The van der Waals surface area contributed by atoms with Gasteiger partial charge < -0.3 is 10.2 Å². The van der Waals surface area contributed by atoms with Crippen molar-refractivity contribution in [3.8, 4) is 0 Å². The van der Waals surface area contributed by atoms with Crippen molar-refractivity contribution in [2.75, 3.05) is 18.9 Å². The summed E-state index contributed by atoms with van der Waals surface area (Å²) in [6.07, 6.45) is 3.91. The average molecular weight is 285 g/mol. The number of piperidine rings is 1. The monoisotopic (exact) mass is 284 g/mol. The van der Waals surface area contributed by atoms with E-state index in [1.165, 1.54) is 6.42 Å². The van der Waals surface area contributed by atoms with E-state index in [0.29, 0.717) is 12.1 Å². The molecule has 5 heteroatoms. The summed E-state index contributed by atoms with van der Waals surface area (Å²) in [5.74, 6) is 0.906. The molecular formula is C11H17BrN4. The second-order valence-corrected chi connectivity index (χ2v) is 5.23. The Hall–Kier alpha value is -0.680. The summed E-state index contributed by atoms with van der Waals surface area (Å²) in [4.78, 5) is 10.6. The van der Waals surface area contributed by atoms with E-state index in [2.05, 4.69) is 50.1 Å². The van der Waals surface area contributed by atoms with Crippen LogP contribution in [0.4, 0.5) is 5.82 Å². The number of nitrogens with zero attached hydrogens (tertiary/aromatic N) is 3. The lowest BCUT2D eigenvalue weighted by atomic mass is 9.99. The molecule has 1 aromatic rings. The minimum absolute atomic E-state index is 0.521. The summed E-state index contributed by atoms with van der Waals surface area (Å²) < 4.78 is 0.825. The number of halogens is 1. The van der Waals surface area contributed by atoms with Crippen molar-refractivity contribution in [1.82, 2.24) is 14.9 Å². The minimum atomic E-state index is 0.521. The van der Waals surface area contributed by atoms with Gasteiger partial charge in [-0.15, -0.1) is 0 Å². The van der Waals surface area contributed by atoms with Crippen LogP contribution >= 0.6 is 15.9 Å². The van der Waals surface area contributed by atoms with Crippen molar-refractivity contribution in [3.05, 3.63) is 17.0 Å². The van der Waals surface area contributed by atoms with Gasteiger partial charge in [-0.2, -0.15) is 0 Å². The van der Waals surface area contributed by atoms with Crippen molar-refractivity contribution in [3.63, 3.8) is 0 Å². The lowest BCUT2D eigenvalue weighted by molar-refractivity contribution is 0.190. The standard InChI is InChI=1S/C11H17BrN4/c1-8-5-9(3-4-16(8)2)15-11-6-10(12)13-7-14-11/h6-9H,3-5H2,1-2H3,(H,13,14,15). The topological polar surface area (TPSA) is 41.1 Å². The van der Waals surface area contributed by atoms with Crippen molar-refractivity contribution in [2.45, 2.75) is 31.8 Å². The highest BCUT2D eigenvalue weighted by Gasteiger charge is 2.22. The van der Waals surface area contributed by atoms with Crippen molar-refractivity contribution < 1.29 is 0 Å². The summed E-state index contributed by atoms with van der Waals surface area (Å²) in [6.45, 7) is 3.41. The molecule has 0 radical (unpaired) electrons. The van der Waals surface area contributed by atoms with E-state index in [0.717, 1.165) is 23.4 Å². The molecule has 0 saturated carbocycles. The molecule has 2 unspecified atom stereocenters. The molecule has 1 aromatic heterocycles. The molecule has 0 spiro atoms. The first-order valence-electron chi connectivity index (χ1n) is 5.59. The van der Waals surface area contributed by atoms with Gasteiger partial charge >= 0.3 is 0 Å². The van der Waals surface area contributed by atoms with E-state index >= 15 is 0 Å². The Morgan fingerprint density at radius 1 is 1.50 bits per heavy atom. The lowest BCUT2D eigenvalue weighted by Crippen LogP contribution is -2.42. The molecule has 4 nitrogen and oxygen atoms in total. The Kier molecular flexibility index (Phi) is 3.76. The highest BCUT2D eigenvalue weighted by atomic mass is 79.9. The van der Waals surface area contributed by atoms with E-state index in [4.69, 9.17) is 0 Å². The first-order chi connectivity index (χ1) is 7.65. The maximum Gasteiger partial charge on any atom is 0.130 e. The molecule has 88 valence electrons. The Morgan fingerprint density at radius 3 is 3.00 bits per heavy atom. The van der Waals surface area contributed by atoms with E-state index in [1.54, 1.807) is 6.33 Å². The quantitative estimate of drug-likeness (QED) is 0.845. The van der Waals surface area contributed by atoms with Crippen LogP contribution in [0.1, 0.15) is 19.8 Å². The van der Waals surface area contributed by atoms with Gasteiger partial charge in [-0.1, -0.05) is 0 Å². The number of anilines is 1. The number of rotatable bonds is 2. The molecule has 0 bridgehead atoms. The highest BCUT2D eigenvalue weighted by molar-refractivity contribution is 9.10. The molecule has 0 amide bonds. The van der Waals surface area contributed by atoms with Gasteiger partial charge in [0.25, 0.3) is 0 Å². The average Bonchev–Trinajstić information content (AvgIpc) is 2.24. The zero-order valence-electron chi connectivity index (χ0n) is 9.65. The van der Waals surface area contributed by atoms with E-state index in [9.17, 15) is 0 Å². The summed E-state index contributed by atoms with van der Waals surface area (Å²) in [6, 6.07) is 3.08. The fraction of sp³-hybridized carbons (Fsp3) is 0.636. The lowest BCUT2D eigenvalue weighted by Gasteiger charge is -2.35. The normalized spacial score (nSPS) is 26.7. The van der Waals surface area contributed by atoms with Crippen LogP contribution in [0, 0.1) is 0 Å². The van der Waals surface area contributed by atoms with Crippen LogP contribution in [0.3, 0.4) is 0 Å². The number of aromatic nitrogens is 2. The first-order valence-corrected chi connectivity index (χ1v) is 6.39. The van der Waals surface area contributed by atoms with Gasteiger partial charge in [-0.25, -0.2) is 9.97 Å². The Bertz CT molecular complexity index is 358. The van der Waals surface area contributed by atoms with Crippen molar-refractivity contribution >= 4 is 21.7 Å². The Morgan fingerprint density at radius 2 is 2.31 bits per heavy atom. The van der Waals surface area contributed by atoms with Gasteiger partial charge in [0.1, 0.15) is 16.7 Å². The third-order valence-corrected chi connectivity index (χ3v) is 3.63. The SMILES string of the molecule is CC1CC(Nc2cc(Br)ncn2)CCN1C. The second kappa shape index (κ2) is 5.10. The summed E-state index contributed by atoms with van der Waals surface area (Å²) in [7, 11) is 2.18.